The van der Waals surface area contributed by atoms with Crippen LogP contribution in [0.15, 0.2) is 46.9 Å². The van der Waals surface area contributed by atoms with E-state index in [1.54, 1.807) is 37.3 Å². The maximum absolute atomic E-state index is 12.1. The molecule has 1 amide bonds. The Morgan fingerprint density at radius 3 is 2.50 bits per heavy atom. The summed E-state index contributed by atoms with van der Waals surface area (Å²) < 4.78 is 11.6. The fourth-order valence-corrected chi connectivity index (χ4v) is 2.28. The first kappa shape index (κ1) is 16.6. The smallest absolute Gasteiger partial charge is 0.265 e. The number of carbonyl (C=O) groups is 1. The summed E-state index contributed by atoms with van der Waals surface area (Å²) in [6, 6.07) is 12.3. The van der Waals surface area contributed by atoms with Crippen molar-refractivity contribution in [1.29, 1.82) is 0 Å². The topological polar surface area (TPSA) is 47.6 Å². The molecule has 2 aromatic carbocycles. The van der Waals surface area contributed by atoms with Crippen molar-refractivity contribution in [2.75, 3.05) is 12.4 Å². The summed E-state index contributed by atoms with van der Waals surface area (Å²) in [7, 11) is 1.54. The highest BCUT2D eigenvalue weighted by Crippen LogP contribution is 2.27. The number of benzene rings is 2. The molecule has 0 aliphatic rings. The predicted molar refractivity (Wildman–Crippen MR) is 90.9 cm³/mol. The van der Waals surface area contributed by atoms with Crippen LogP contribution in [0.25, 0.3) is 0 Å². The highest BCUT2D eigenvalue weighted by molar-refractivity contribution is 9.10. The van der Waals surface area contributed by atoms with Crippen LogP contribution in [0.2, 0.25) is 5.02 Å². The molecule has 0 saturated carbocycles. The van der Waals surface area contributed by atoms with Gasteiger partial charge in [-0.1, -0.05) is 27.5 Å². The molecule has 2 aromatic rings. The van der Waals surface area contributed by atoms with Crippen molar-refractivity contribution < 1.29 is 14.3 Å². The molecule has 0 spiro atoms. The zero-order valence-electron chi connectivity index (χ0n) is 12.1. The quantitative estimate of drug-likeness (QED) is 0.824. The van der Waals surface area contributed by atoms with Gasteiger partial charge in [0.2, 0.25) is 0 Å². The molecule has 2 rings (SSSR count). The van der Waals surface area contributed by atoms with Gasteiger partial charge in [-0.3, -0.25) is 4.79 Å². The Morgan fingerprint density at radius 1 is 1.23 bits per heavy atom. The monoisotopic (exact) mass is 383 g/mol. The van der Waals surface area contributed by atoms with E-state index in [9.17, 15) is 4.79 Å². The van der Waals surface area contributed by atoms with E-state index in [1.165, 1.54) is 7.11 Å². The van der Waals surface area contributed by atoms with Crippen LogP contribution in [0.3, 0.4) is 0 Å². The van der Waals surface area contributed by atoms with Crippen molar-refractivity contribution in [3.63, 3.8) is 0 Å². The fourth-order valence-electron chi connectivity index (χ4n) is 1.76. The Morgan fingerprint density at radius 2 is 1.91 bits per heavy atom. The average molecular weight is 385 g/mol. The van der Waals surface area contributed by atoms with Crippen molar-refractivity contribution >= 4 is 39.1 Å². The van der Waals surface area contributed by atoms with Crippen molar-refractivity contribution in [2.24, 2.45) is 0 Å². The first-order valence-electron chi connectivity index (χ1n) is 6.56. The highest BCUT2D eigenvalue weighted by atomic mass is 79.9. The number of ether oxygens (including phenoxy) is 2. The van der Waals surface area contributed by atoms with Crippen molar-refractivity contribution in [3.8, 4) is 11.5 Å². The molecule has 4 nitrogen and oxygen atoms in total. The number of methoxy groups -OCH3 is 1. The third kappa shape index (κ3) is 4.39. The molecule has 116 valence electrons. The van der Waals surface area contributed by atoms with E-state index in [0.29, 0.717) is 22.2 Å². The molecule has 0 fully saturated rings. The van der Waals surface area contributed by atoms with Gasteiger partial charge in [-0.05, 0) is 49.4 Å². The Labute approximate surface area is 142 Å². The molecule has 0 saturated heterocycles. The zero-order valence-corrected chi connectivity index (χ0v) is 14.4. The third-order valence-corrected chi connectivity index (χ3v) is 3.74. The first-order valence-corrected chi connectivity index (χ1v) is 7.73. The summed E-state index contributed by atoms with van der Waals surface area (Å²) in [5.74, 6) is 0.918. The summed E-state index contributed by atoms with van der Waals surface area (Å²) in [5.41, 5.74) is 0.585. The summed E-state index contributed by atoms with van der Waals surface area (Å²) in [6.45, 7) is 1.68. The van der Waals surface area contributed by atoms with Crippen LogP contribution >= 0.6 is 27.5 Å². The van der Waals surface area contributed by atoms with Crippen molar-refractivity contribution in [1.82, 2.24) is 0 Å². The number of hydrogen-bond donors (Lipinski definition) is 1. The van der Waals surface area contributed by atoms with Gasteiger partial charge in [0.25, 0.3) is 5.91 Å². The number of anilines is 1. The lowest BCUT2D eigenvalue weighted by atomic mass is 10.2. The van der Waals surface area contributed by atoms with Gasteiger partial charge in [-0.2, -0.15) is 0 Å². The van der Waals surface area contributed by atoms with Crippen LogP contribution in [0.5, 0.6) is 11.5 Å². The summed E-state index contributed by atoms with van der Waals surface area (Å²) in [5, 5.41) is 3.18. The number of amides is 1. The summed E-state index contributed by atoms with van der Waals surface area (Å²) >= 11 is 9.37. The normalized spacial score (nSPS) is 11.6. The lowest BCUT2D eigenvalue weighted by Crippen LogP contribution is -2.30. The number of nitrogens with one attached hydrogen (secondary N) is 1. The zero-order chi connectivity index (χ0) is 16.1. The van der Waals surface area contributed by atoms with E-state index < -0.39 is 6.10 Å². The predicted octanol–water partition coefficient (Wildman–Crippen LogP) is 4.52. The van der Waals surface area contributed by atoms with Crippen molar-refractivity contribution in [2.45, 2.75) is 13.0 Å². The van der Waals surface area contributed by atoms with Gasteiger partial charge in [0.1, 0.15) is 11.5 Å². The van der Waals surface area contributed by atoms with Gasteiger partial charge in [-0.25, -0.2) is 0 Å². The van der Waals surface area contributed by atoms with Crippen LogP contribution in [0.1, 0.15) is 6.92 Å². The average Bonchev–Trinajstić information content (AvgIpc) is 2.49. The van der Waals surface area contributed by atoms with E-state index in [1.807, 2.05) is 12.1 Å². The lowest BCUT2D eigenvalue weighted by Gasteiger charge is -2.15. The summed E-state index contributed by atoms with van der Waals surface area (Å²) in [4.78, 5) is 12.1. The van der Waals surface area contributed by atoms with Crippen LogP contribution in [-0.4, -0.2) is 19.1 Å². The van der Waals surface area contributed by atoms with E-state index in [-0.39, 0.29) is 5.91 Å². The minimum atomic E-state index is -0.637. The Kier molecular flexibility index (Phi) is 5.69. The maximum atomic E-state index is 12.1. The van der Waals surface area contributed by atoms with Gasteiger partial charge in [0.05, 0.1) is 12.1 Å². The SMILES string of the molecule is COc1ccc(NC(=O)C(C)Oc2ccc(Br)cc2)cc1Cl. The number of hydrogen-bond acceptors (Lipinski definition) is 3. The molecule has 0 aliphatic carbocycles. The molecule has 22 heavy (non-hydrogen) atoms. The molecule has 0 radical (unpaired) electrons. The van der Waals surface area contributed by atoms with E-state index in [4.69, 9.17) is 21.1 Å². The second-order valence-electron chi connectivity index (χ2n) is 4.55. The van der Waals surface area contributed by atoms with Gasteiger partial charge >= 0.3 is 0 Å². The maximum Gasteiger partial charge on any atom is 0.265 e. The number of carbonyl (C=O) groups excluding carboxylic acids is 1. The molecule has 0 aliphatic heterocycles. The Hall–Kier alpha value is -1.72. The number of rotatable bonds is 5. The summed E-state index contributed by atoms with van der Waals surface area (Å²) in [6.07, 6.45) is -0.637. The molecule has 0 aromatic heterocycles. The van der Waals surface area contributed by atoms with Gasteiger partial charge < -0.3 is 14.8 Å². The van der Waals surface area contributed by atoms with Gasteiger partial charge in [-0.15, -0.1) is 0 Å². The van der Waals surface area contributed by atoms with E-state index in [0.717, 1.165) is 4.47 Å². The minimum Gasteiger partial charge on any atom is -0.495 e. The number of halogens is 2. The molecule has 1 N–H and O–H groups in total. The van der Waals surface area contributed by atoms with Crippen molar-refractivity contribution in [3.05, 3.63) is 52.0 Å². The molecule has 1 unspecified atom stereocenters. The molecule has 1 atom stereocenters. The van der Waals surface area contributed by atoms with E-state index in [2.05, 4.69) is 21.2 Å². The van der Waals surface area contributed by atoms with Gasteiger partial charge in [0, 0.05) is 10.2 Å². The first-order chi connectivity index (χ1) is 10.5. The second kappa shape index (κ2) is 7.51. The van der Waals surface area contributed by atoms with Crippen LogP contribution in [-0.2, 0) is 4.79 Å². The highest BCUT2D eigenvalue weighted by Gasteiger charge is 2.15. The van der Waals surface area contributed by atoms with Crippen LogP contribution in [0.4, 0.5) is 5.69 Å². The van der Waals surface area contributed by atoms with Gasteiger partial charge in [0.15, 0.2) is 6.10 Å². The molecule has 0 bridgehead atoms. The molecule has 0 heterocycles. The second-order valence-corrected chi connectivity index (χ2v) is 5.88. The largest absolute Gasteiger partial charge is 0.495 e. The lowest BCUT2D eigenvalue weighted by molar-refractivity contribution is -0.122. The molecule has 6 heteroatoms. The molecular weight excluding hydrogens is 370 g/mol. The standard InChI is InChI=1S/C16H15BrClNO3/c1-10(22-13-6-3-11(17)4-7-13)16(20)19-12-5-8-15(21-2)14(18)9-12/h3-10H,1-2H3,(H,19,20). The Balaban J connectivity index is 1.99. The third-order valence-electron chi connectivity index (χ3n) is 2.92. The Bertz CT molecular complexity index is 661. The fraction of sp³-hybridized carbons (Fsp3) is 0.188. The minimum absolute atomic E-state index is 0.260. The van der Waals surface area contributed by atoms with Crippen LogP contribution in [0, 0.1) is 0 Å². The van der Waals surface area contributed by atoms with Crippen LogP contribution < -0.4 is 14.8 Å². The van der Waals surface area contributed by atoms with E-state index >= 15 is 0 Å². The molecular formula is C16H15BrClNO3.